The van der Waals surface area contributed by atoms with Crippen LogP contribution in [0.15, 0.2) is 24.3 Å². The number of hydrogen-bond acceptors (Lipinski definition) is 1. The highest BCUT2D eigenvalue weighted by Crippen LogP contribution is 2.32. The van der Waals surface area contributed by atoms with E-state index in [0.29, 0.717) is 5.91 Å². The van der Waals surface area contributed by atoms with Gasteiger partial charge < -0.3 is 9.47 Å². The zero-order valence-corrected chi connectivity index (χ0v) is 13.3. The Hall–Kier alpha value is -1.77. The van der Waals surface area contributed by atoms with Crippen LogP contribution in [0.5, 0.6) is 0 Å². The first kappa shape index (κ1) is 13.9. The summed E-state index contributed by atoms with van der Waals surface area (Å²) in [6.07, 6.45) is 6.94. The molecule has 116 valence electrons. The third-order valence-corrected chi connectivity index (χ3v) is 5.58. The van der Waals surface area contributed by atoms with Gasteiger partial charge in [-0.05, 0) is 30.9 Å². The maximum absolute atomic E-state index is 12.8. The summed E-state index contributed by atoms with van der Waals surface area (Å²) < 4.78 is 2.28. The molecule has 0 unspecified atom stereocenters. The summed E-state index contributed by atoms with van der Waals surface area (Å²) in [7, 11) is 2.13. The summed E-state index contributed by atoms with van der Waals surface area (Å²) in [6, 6.07) is 8.61. The van der Waals surface area contributed by atoms with E-state index >= 15 is 0 Å². The number of carbonyl (C=O) groups excluding carboxylic acids is 1. The molecule has 1 aliphatic carbocycles. The van der Waals surface area contributed by atoms with E-state index in [1.54, 1.807) is 0 Å². The predicted molar refractivity (Wildman–Crippen MR) is 88.6 cm³/mol. The van der Waals surface area contributed by atoms with Gasteiger partial charge in [-0.1, -0.05) is 37.5 Å². The fourth-order valence-electron chi connectivity index (χ4n) is 4.31. The molecule has 2 heterocycles. The van der Waals surface area contributed by atoms with Crippen molar-refractivity contribution in [3.8, 4) is 0 Å². The lowest BCUT2D eigenvalue weighted by Gasteiger charge is -2.32. The second-order valence-corrected chi connectivity index (χ2v) is 6.85. The van der Waals surface area contributed by atoms with Crippen LogP contribution in [0.3, 0.4) is 0 Å². The highest BCUT2D eigenvalue weighted by molar-refractivity contribution is 5.86. The standard InChI is InChI=1S/C19H24N2O/c1-20-17-10-6-5-9-15(17)16-11-12-21(13-18(16)20)19(22)14-7-3-2-4-8-14/h5-6,9-10,14H,2-4,7-8,11-13H2,1H3. The minimum absolute atomic E-state index is 0.282. The smallest absolute Gasteiger partial charge is 0.226 e. The lowest BCUT2D eigenvalue weighted by molar-refractivity contribution is -0.137. The molecule has 3 nitrogen and oxygen atoms in total. The van der Waals surface area contributed by atoms with Crippen LogP contribution in [-0.4, -0.2) is 21.9 Å². The molecule has 0 saturated heterocycles. The van der Waals surface area contributed by atoms with Gasteiger partial charge in [0, 0.05) is 36.1 Å². The van der Waals surface area contributed by atoms with Crippen molar-refractivity contribution in [2.45, 2.75) is 45.1 Å². The van der Waals surface area contributed by atoms with Gasteiger partial charge in [-0.3, -0.25) is 4.79 Å². The Kier molecular flexibility index (Phi) is 3.44. The van der Waals surface area contributed by atoms with Gasteiger partial charge in [-0.15, -0.1) is 0 Å². The Balaban J connectivity index is 1.62. The molecule has 1 saturated carbocycles. The number of aryl methyl sites for hydroxylation is 1. The second kappa shape index (κ2) is 5.45. The Morgan fingerprint density at radius 2 is 1.91 bits per heavy atom. The molecule has 0 bridgehead atoms. The van der Waals surface area contributed by atoms with Crippen LogP contribution in [0, 0.1) is 5.92 Å². The largest absolute Gasteiger partial charge is 0.346 e. The van der Waals surface area contributed by atoms with Gasteiger partial charge in [-0.2, -0.15) is 0 Å². The van der Waals surface area contributed by atoms with Gasteiger partial charge >= 0.3 is 0 Å². The van der Waals surface area contributed by atoms with Gasteiger partial charge in [0.25, 0.3) is 0 Å². The summed E-state index contributed by atoms with van der Waals surface area (Å²) in [5.74, 6) is 0.681. The van der Waals surface area contributed by atoms with Gasteiger partial charge in [0.05, 0.1) is 6.54 Å². The molecule has 22 heavy (non-hydrogen) atoms. The Bertz CT molecular complexity index is 710. The number of amides is 1. The maximum Gasteiger partial charge on any atom is 0.226 e. The normalized spacial score (nSPS) is 19.4. The Morgan fingerprint density at radius 1 is 1.14 bits per heavy atom. The number of para-hydroxylation sites is 1. The first-order valence-corrected chi connectivity index (χ1v) is 8.59. The molecule has 1 fully saturated rings. The highest BCUT2D eigenvalue weighted by Gasteiger charge is 2.30. The quantitative estimate of drug-likeness (QED) is 0.788. The Labute approximate surface area is 131 Å². The monoisotopic (exact) mass is 296 g/mol. The molecule has 0 N–H and O–H groups in total. The van der Waals surface area contributed by atoms with E-state index in [-0.39, 0.29) is 5.92 Å². The summed E-state index contributed by atoms with van der Waals surface area (Å²) in [5, 5.41) is 1.37. The summed E-state index contributed by atoms with van der Waals surface area (Å²) in [4.78, 5) is 14.9. The average molecular weight is 296 g/mol. The predicted octanol–water partition coefficient (Wildman–Crippen LogP) is 3.64. The van der Waals surface area contributed by atoms with Crippen LogP contribution in [0.25, 0.3) is 10.9 Å². The lowest BCUT2D eigenvalue weighted by atomic mass is 9.87. The summed E-state index contributed by atoms with van der Waals surface area (Å²) in [5.41, 5.74) is 4.07. The first-order chi connectivity index (χ1) is 10.8. The molecule has 1 aliphatic heterocycles. The molecule has 4 rings (SSSR count). The maximum atomic E-state index is 12.8. The van der Waals surface area contributed by atoms with Crippen molar-refractivity contribution in [3.05, 3.63) is 35.5 Å². The summed E-state index contributed by atoms with van der Waals surface area (Å²) >= 11 is 0. The van der Waals surface area contributed by atoms with Crippen LogP contribution in [0.2, 0.25) is 0 Å². The van der Waals surface area contributed by atoms with Crippen LogP contribution in [0.4, 0.5) is 0 Å². The van der Waals surface area contributed by atoms with E-state index in [4.69, 9.17) is 0 Å². The van der Waals surface area contributed by atoms with Crippen molar-refractivity contribution in [1.82, 2.24) is 9.47 Å². The molecule has 2 aliphatic rings. The number of nitrogens with zero attached hydrogens (tertiary/aromatic N) is 2. The van der Waals surface area contributed by atoms with Crippen molar-refractivity contribution in [2.75, 3.05) is 6.54 Å². The molecule has 0 spiro atoms. The van der Waals surface area contributed by atoms with E-state index in [1.807, 2.05) is 0 Å². The fourth-order valence-corrected chi connectivity index (χ4v) is 4.31. The van der Waals surface area contributed by atoms with Gasteiger partial charge in [0.1, 0.15) is 0 Å². The molecule has 0 radical (unpaired) electrons. The molecule has 3 heteroatoms. The minimum atomic E-state index is 0.282. The van der Waals surface area contributed by atoms with E-state index in [0.717, 1.165) is 32.4 Å². The topological polar surface area (TPSA) is 25.2 Å². The molecular formula is C19H24N2O. The average Bonchev–Trinajstić information content (AvgIpc) is 2.88. The summed E-state index contributed by atoms with van der Waals surface area (Å²) in [6.45, 7) is 1.67. The first-order valence-electron chi connectivity index (χ1n) is 8.59. The fraction of sp³-hybridized carbons (Fsp3) is 0.526. The number of hydrogen-bond donors (Lipinski definition) is 0. The minimum Gasteiger partial charge on any atom is -0.346 e. The number of carbonyl (C=O) groups is 1. The second-order valence-electron chi connectivity index (χ2n) is 6.85. The molecular weight excluding hydrogens is 272 g/mol. The van der Waals surface area contributed by atoms with Crippen molar-refractivity contribution in [3.63, 3.8) is 0 Å². The molecule has 1 aromatic heterocycles. The van der Waals surface area contributed by atoms with Crippen molar-refractivity contribution in [1.29, 1.82) is 0 Å². The van der Waals surface area contributed by atoms with E-state index in [9.17, 15) is 4.79 Å². The van der Waals surface area contributed by atoms with Gasteiger partial charge in [-0.25, -0.2) is 0 Å². The lowest BCUT2D eigenvalue weighted by Crippen LogP contribution is -2.40. The highest BCUT2D eigenvalue weighted by atomic mass is 16.2. The van der Waals surface area contributed by atoms with Crippen molar-refractivity contribution < 1.29 is 4.79 Å². The molecule has 1 amide bonds. The zero-order chi connectivity index (χ0) is 15.1. The molecule has 2 aromatic rings. The third-order valence-electron chi connectivity index (χ3n) is 5.58. The van der Waals surface area contributed by atoms with Crippen LogP contribution in [0.1, 0.15) is 43.4 Å². The zero-order valence-electron chi connectivity index (χ0n) is 13.3. The van der Waals surface area contributed by atoms with E-state index in [2.05, 4.69) is 40.8 Å². The molecule has 1 aromatic carbocycles. The van der Waals surface area contributed by atoms with Gasteiger partial charge in [0.15, 0.2) is 0 Å². The Morgan fingerprint density at radius 3 is 2.73 bits per heavy atom. The van der Waals surface area contributed by atoms with Crippen LogP contribution >= 0.6 is 0 Å². The van der Waals surface area contributed by atoms with E-state index in [1.165, 1.54) is 41.4 Å². The third kappa shape index (κ3) is 2.15. The van der Waals surface area contributed by atoms with Crippen molar-refractivity contribution in [2.24, 2.45) is 13.0 Å². The SMILES string of the molecule is Cn1c2c(c3ccccc31)CCN(C(=O)C1CCCCC1)C2. The number of fused-ring (bicyclic) bond motifs is 3. The van der Waals surface area contributed by atoms with Crippen LogP contribution in [-0.2, 0) is 24.8 Å². The number of aromatic nitrogens is 1. The molecule has 0 atom stereocenters. The van der Waals surface area contributed by atoms with Gasteiger partial charge in [0.2, 0.25) is 5.91 Å². The van der Waals surface area contributed by atoms with Crippen molar-refractivity contribution >= 4 is 16.8 Å². The number of rotatable bonds is 1. The van der Waals surface area contributed by atoms with E-state index < -0.39 is 0 Å². The van der Waals surface area contributed by atoms with Crippen LogP contribution < -0.4 is 0 Å². The number of benzene rings is 1.